The SMILES string of the molecule is CC(Cl)c1nc2c(F)cc(F)cc2n1CCc1cscn1. The van der Waals surface area contributed by atoms with Crippen LogP contribution in [0.2, 0.25) is 0 Å². The summed E-state index contributed by atoms with van der Waals surface area (Å²) in [6, 6.07) is 2.12. The predicted octanol–water partition coefficient (Wildman–Crippen LogP) is 4.31. The summed E-state index contributed by atoms with van der Waals surface area (Å²) in [6.45, 7) is 2.28. The fourth-order valence-corrected chi connectivity index (χ4v) is 3.05. The van der Waals surface area contributed by atoms with Crippen LogP contribution in [0.25, 0.3) is 11.0 Å². The molecule has 0 spiro atoms. The van der Waals surface area contributed by atoms with Gasteiger partial charge in [0.1, 0.15) is 17.2 Å². The quantitative estimate of drug-likeness (QED) is 0.668. The van der Waals surface area contributed by atoms with E-state index in [4.69, 9.17) is 11.6 Å². The summed E-state index contributed by atoms with van der Waals surface area (Å²) in [5, 5.41) is 1.56. The van der Waals surface area contributed by atoms with Gasteiger partial charge in [-0.25, -0.2) is 18.7 Å². The van der Waals surface area contributed by atoms with E-state index in [1.807, 2.05) is 5.38 Å². The third-order valence-corrected chi connectivity index (χ3v) is 4.06. The lowest BCUT2D eigenvalue weighted by molar-refractivity contribution is 0.589. The Morgan fingerprint density at radius 1 is 1.38 bits per heavy atom. The summed E-state index contributed by atoms with van der Waals surface area (Å²) >= 11 is 7.63. The Bertz CT molecular complexity index is 768. The molecule has 110 valence electrons. The molecule has 2 aromatic heterocycles. The lowest BCUT2D eigenvalue weighted by Gasteiger charge is -2.09. The highest BCUT2D eigenvalue weighted by molar-refractivity contribution is 7.07. The molecule has 3 aromatic rings. The van der Waals surface area contributed by atoms with Crippen LogP contribution in [-0.4, -0.2) is 14.5 Å². The van der Waals surface area contributed by atoms with Crippen LogP contribution in [0.4, 0.5) is 8.78 Å². The summed E-state index contributed by atoms with van der Waals surface area (Å²) in [7, 11) is 0. The first-order chi connectivity index (χ1) is 10.1. The average molecular weight is 328 g/mol. The van der Waals surface area contributed by atoms with Crippen LogP contribution in [0.3, 0.4) is 0 Å². The summed E-state index contributed by atoms with van der Waals surface area (Å²) in [5.41, 5.74) is 3.26. The Hall–Kier alpha value is -1.53. The van der Waals surface area contributed by atoms with Crippen molar-refractivity contribution in [2.24, 2.45) is 0 Å². The lowest BCUT2D eigenvalue weighted by atomic mass is 10.2. The van der Waals surface area contributed by atoms with Crippen molar-refractivity contribution in [2.45, 2.75) is 25.3 Å². The van der Waals surface area contributed by atoms with E-state index in [-0.39, 0.29) is 5.52 Å². The van der Waals surface area contributed by atoms with Crippen LogP contribution < -0.4 is 0 Å². The number of hydrogen-bond acceptors (Lipinski definition) is 3. The molecule has 1 aromatic carbocycles. The first-order valence-corrected chi connectivity index (χ1v) is 7.80. The molecule has 0 saturated carbocycles. The molecule has 0 bridgehead atoms. The first-order valence-electron chi connectivity index (χ1n) is 6.42. The number of fused-ring (bicyclic) bond motifs is 1. The summed E-state index contributed by atoms with van der Waals surface area (Å²) in [6.07, 6.45) is 0.656. The maximum absolute atomic E-state index is 13.8. The van der Waals surface area contributed by atoms with E-state index in [1.165, 1.54) is 17.4 Å². The van der Waals surface area contributed by atoms with Gasteiger partial charge in [-0.05, 0) is 13.0 Å². The van der Waals surface area contributed by atoms with E-state index in [0.29, 0.717) is 24.3 Å². The zero-order valence-corrected chi connectivity index (χ0v) is 12.8. The van der Waals surface area contributed by atoms with Gasteiger partial charge in [-0.15, -0.1) is 22.9 Å². The molecular weight excluding hydrogens is 316 g/mol. The van der Waals surface area contributed by atoms with Gasteiger partial charge in [0, 0.05) is 24.4 Å². The number of halogens is 3. The first kappa shape index (κ1) is 14.4. The minimum absolute atomic E-state index is 0.150. The van der Waals surface area contributed by atoms with E-state index < -0.39 is 17.0 Å². The van der Waals surface area contributed by atoms with E-state index in [0.717, 1.165) is 11.8 Å². The zero-order valence-electron chi connectivity index (χ0n) is 11.2. The van der Waals surface area contributed by atoms with Gasteiger partial charge >= 0.3 is 0 Å². The van der Waals surface area contributed by atoms with Crippen molar-refractivity contribution in [3.8, 4) is 0 Å². The highest BCUT2D eigenvalue weighted by Gasteiger charge is 2.18. The third kappa shape index (κ3) is 2.78. The fraction of sp³-hybridized carbons (Fsp3) is 0.286. The molecule has 0 aliphatic rings. The van der Waals surface area contributed by atoms with Gasteiger partial charge in [0.2, 0.25) is 0 Å². The van der Waals surface area contributed by atoms with Crippen LogP contribution in [0.5, 0.6) is 0 Å². The van der Waals surface area contributed by atoms with Gasteiger partial charge in [0.25, 0.3) is 0 Å². The van der Waals surface area contributed by atoms with Gasteiger partial charge in [-0.1, -0.05) is 0 Å². The topological polar surface area (TPSA) is 30.7 Å². The molecule has 0 fully saturated rings. The second kappa shape index (κ2) is 5.69. The summed E-state index contributed by atoms with van der Waals surface area (Å²) in [4.78, 5) is 8.43. The number of aromatic nitrogens is 3. The van der Waals surface area contributed by atoms with E-state index >= 15 is 0 Å². The van der Waals surface area contributed by atoms with Crippen molar-refractivity contribution in [3.05, 3.63) is 46.2 Å². The van der Waals surface area contributed by atoms with Crippen LogP contribution in [0.15, 0.2) is 23.0 Å². The van der Waals surface area contributed by atoms with Crippen LogP contribution in [0.1, 0.15) is 23.8 Å². The molecule has 21 heavy (non-hydrogen) atoms. The molecule has 0 saturated heterocycles. The monoisotopic (exact) mass is 327 g/mol. The second-order valence-corrected chi connectivity index (χ2v) is 6.10. The largest absolute Gasteiger partial charge is 0.326 e. The minimum Gasteiger partial charge on any atom is -0.326 e. The summed E-state index contributed by atoms with van der Waals surface area (Å²) in [5.74, 6) is -0.758. The number of nitrogens with zero attached hydrogens (tertiary/aromatic N) is 3. The molecular formula is C14H12ClF2N3S. The Labute approximate surface area is 129 Å². The van der Waals surface area contributed by atoms with Gasteiger partial charge in [0.15, 0.2) is 5.82 Å². The molecule has 1 atom stereocenters. The van der Waals surface area contributed by atoms with Crippen molar-refractivity contribution < 1.29 is 8.78 Å². The molecule has 0 N–H and O–H groups in total. The number of hydrogen-bond donors (Lipinski definition) is 0. The maximum Gasteiger partial charge on any atom is 0.153 e. The zero-order chi connectivity index (χ0) is 15.0. The molecule has 3 nitrogen and oxygen atoms in total. The number of aryl methyl sites for hydroxylation is 2. The van der Waals surface area contributed by atoms with Gasteiger partial charge in [0.05, 0.1) is 22.1 Å². The Kier molecular flexibility index (Phi) is 3.91. The molecule has 2 heterocycles. The highest BCUT2D eigenvalue weighted by atomic mass is 35.5. The maximum atomic E-state index is 13.8. The molecule has 0 aliphatic carbocycles. The Morgan fingerprint density at radius 2 is 2.19 bits per heavy atom. The molecule has 3 rings (SSSR count). The average Bonchev–Trinajstić information content (AvgIpc) is 3.03. The number of benzene rings is 1. The standard InChI is InChI=1S/C14H12ClF2N3S/c1-8(15)14-19-13-11(17)4-9(16)5-12(13)20(14)3-2-10-6-21-7-18-10/h4-8H,2-3H2,1H3. The summed E-state index contributed by atoms with van der Waals surface area (Å²) < 4.78 is 29.1. The van der Waals surface area contributed by atoms with E-state index in [9.17, 15) is 8.78 Å². The second-order valence-electron chi connectivity index (χ2n) is 4.72. The van der Waals surface area contributed by atoms with Crippen molar-refractivity contribution >= 4 is 34.0 Å². The Balaban J connectivity index is 2.07. The molecule has 0 amide bonds. The van der Waals surface area contributed by atoms with Crippen LogP contribution >= 0.6 is 22.9 Å². The third-order valence-electron chi connectivity index (χ3n) is 3.23. The van der Waals surface area contributed by atoms with Gasteiger partial charge in [-0.2, -0.15) is 0 Å². The number of alkyl halides is 1. The van der Waals surface area contributed by atoms with Gasteiger partial charge < -0.3 is 4.57 Å². The molecule has 0 aliphatic heterocycles. The predicted molar refractivity (Wildman–Crippen MR) is 79.7 cm³/mol. The smallest absolute Gasteiger partial charge is 0.153 e. The Morgan fingerprint density at radius 3 is 2.86 bits per heavy atom. The molecule has 0 radical (unpaired) electrons. The minimum atomic E-state index is -0.670. The van der Waals surface area contributed by atoms with E-state index in [2.05, 4.69) is 9.97 Å². The van der Waals surface area contributed by atoms with Crippen LogP contribution in [0, 0.1) is 11.6 Å². The van der Waals surface area contributed by atoms with Crippen LogP contribution in [-0.2, 0) is 13.0 Å². The van der Waals surface area contributed by atoms with E-state index in [1.54, 1.807) is 17.0 Å². The molecule has 1 unspecified atom stereocenters. The number of rotatable bonds is 4. The lowest BCUT2D eigenvalue weighted by Crippen LogP contribution is -2.07. The fourth-order valence-electron chi connectivity index (χ4n) is 2.29. The van der Waals surface area contributed by atoms with Crippen molar-refractivity contribution in [1.82, 2.24) is 14.5 Å². The highest BCUT2D eigenvalue weighted by Crippen LogP contribution is 2.27. The van der Waals surface area contributed by atoms with Crippen molar-refractivity contribution in [1.29, 1.82) is 0 Å². The normalized spacial score (nSPS) is 13.0. The van der Waals surface area contributed by atoms with Gasteiger partial charge in [-0.3, -0.25) is 0 Å². The molecule has 7 heteroatoms. The number of thiazole rings is 1. The number of imidazole rings is 1. The van der Waals surface area contributed by atoms with Crippen molar-refractivity contribution in [2.75, 3.05) is 0 Å². The van der Waals surface area contributed by atoms with Crippen molar-refractivity contribution in [3.63, 3.8) is 0 Å².